The van der Waals surface area contributed by atoms with Crippen LogP contribution in [0, 0.1) is 0 Å². The van der Waals surface area contributed by atoms with Crippen LogP contribution < -0.4 is 0 Å². The van der Waals surface area contributed by atoms with Crippen LogP contribution in [0.25, 0.3) is 0 Å². The van der Waals surface area contributed by atoms with Crippen LogP contribution >= 0.6 is 0 Å². The van der Waals surface area contributed by atoms with E-state index in [4.69, 9.17) is 0 Å². The Morgan fingerprint density at radius 2 is 2.24 bits per heavy atom. The molecular weight excluding hydrogens is 216 g/mol. The zero-order valence-corrected chi connectivity index (χ0v) is 10.1. The Labute approximate surface area is 101 Å². The van der Waals surface area contributed by atoms with Crippen LogP contribution in [0.15, 0.2) is 24.5 Å². The number of rotatable bonds is 1. The molecule has 0 saturated carbocycles. The molecular formula is C13H16N2O2. The van der Waals surface area contributed by atoms with Crippen molar-refractivity contribution in [1.29, 1.82) is 0 Å². The molecule has 1 aromatic heterocycles. The van der Waals surface area contributed by atoms with E-state index in [9.17, 15) is 9.59 Å². The highest BCUT2D eigenvalue weighted by Crippen LogP contribution is 2.32. The van der Waals surface area contributed by atoms with Crippen LogP contribution in [0.2, 0.25) is 0 Å². The number of hydrogen-bond donors (Lipinski definition) is 0. The van der Waals surface area contributed by atoms with Gasteiger partial charge in [-0.15, -0.1) is 0 Å². The quantitative estimate of drug-likeness (QED) is 0.740. The van der Waals surface area contributed by atoms with E-state index >= 15 is 0 Å². The Balaban J connectivity index is 2.34. The van der Waals surface area contributed by atoms with Gasteiger partial charge in [-0.25, -0.2) is 0 Å². The summed E-state index contributed by atoms with van der Waals surface area (Å²) in [4.78, 5) is 29.2. The lowest BCUT2D eigenvalue weighted by molar-refractivity contribution is -0.139. The molecule has 1 saturated heterocycles. The summed E-state index contributed by atoms with van der Waals surface area (Å²) in [5.41, 5.74) is 0.933. The lowest BCUT2D eigenvalue weighted by Crippen LogP contribution is -2.45. The zero-order valence-electron chi connectivity index (χ0n) is 10.1. The molecule has 4 nitrogen and oxygen atoms in total. The van der Waals surface area contributed by atoms with E-state index in [1.807, 2.05) is 19.1 Å². The Kier molecular flexibility index (Phi) is 3.22. The molecule has 90 valence electrons. The number of nitrogens with zero attached hydrogens (tertiary/aromatic N) is 2. The predicted octanol–water partition coefficient (Wildman–Crippen LogP) is 1.72. The molecule has 0 unspecified atom stereocenters. The maximum Gasteiger partial charge on any atom is 0.220 e. The highest BCUT2D eigenvalue weighted by Gasteiger charge is 2.34. The number of pyridine rings is 1. The number of aromatic nitrogens is 1. The summed E-state index contributed by atoms with van der Waals surface area (Å²) in [6, 6.07) is 3.56. The average molecular weight is 232 g/mol. The molecule has 1 aliphatic rings. The van der Waals surface area contributed by atoms with Crippen molar-refractivity contribution in [2.45, 2.75) is 38.8 Å². The maximum absolute atomic E-state index is 11.7. The van der Waals surface area contributed by atoms with Crippen molar-refractivity contribution in [2.75, 3.05) is 0 Å². The zero-order chi connectivity index (χ0) is 12.4. The van der Waals surface area contributed by atoms with Crippen LogP contribution in [-0.4, -0.2) is 27.6 Å². The molecule has 2 rings (SSSR count). The molecule has 0 N–H and O–H groups in total. The molecule has 1 fully saturated rings. The van der Waals surface area contributed by atoms with Gasteiger partial charge in [0.15, 0.2) is 0 Å². The minimum absolute atomic E-state index is 0.0128. The van der Waals surface area contributed by atoms with Crippen molar-refractivity contribution in [3.05, 3.63) is 30.1 Å². The molecule has 2 heterocycles. The van der Waals surface area contributed by atoms with Crippen LogP contribution in [-0.2, 0) is 9.59 Å². The van der Waals surface area contributed by atoms with Gasteiger partial charge in [0.25, 0.3) is 0 Å². The first kappa shape index (κ1) is 11.8. The molecule has 1 aliphatic heterocycles. The third-order valence-electron chi connectivity index (χ3n) is 3.19. The number of amides is 1. The topological polar surface area (TPSA) is 50.3 Å². The smallest absolute Gasteiger partial charge is 0.220 e. The third-order valence-corrected chi connectivity index (χ3v) is 3.19. The number of carbonyl (C=O) groups excluding carboxylic acids is 2. The number of Topliss-reactive ketones (excluding diaryl/α,β-unsaturated/α-hetero) is 1. The SMILES string of the molecule is CC(=O)N1[C@H](C)CC(=O)C[C@@H]1c1cccnc1. The Morgan fingerprint density at radius 3 is 2.82 bits per heavy atom. The van der Waals surface area contributed by atoms with Crippen molar-refractivity contribution in [3.63, 3.8) is 0 Å². The molecule has 1 amide bonds. The second kappa shape index (κ2) is 4.65. The summed E-state index contributed by atoms with van der Waals surface area (Å²) < 4.78 is 0. The molecule has 0 aliphatic carbocycles. The van der Waals surface area contributed by atoms with E-state index in [1.54, 1.807) is 24.2 Å². The molecule has 2 atom stereocenters. The van der Waals surface area contributed by atoms with E-state index in [1.165, 1.54) is 0 Å². The second-order valence-electron chi connectivity index (χ2n) is 4.52. The number of piperidine rings is 1. The molecule has 0 radical (unpaired) electrons. The highest BCUT2D eigenvalue weighted by atomic mass is 16.2. The van der Waals surface area contributed by atoms with E-state index < -0.39 is 0 Å². The fraction of sp³-hybridized carbons (Fsp3) is 0.462. The normalized spacial score (nSPS) is 24.8. The number of carbonyl (C=O) groups is 2. The summed E-state index contributed by atoms with van der Waals surface area (Å²) in [6.45, 7) is 3.47. The maximum atomic E-state index is 11.7. The van der Waals surface area contributed by atoms with E-state index in [2.05, 4.69) is 4.98 Å². The van der Waals surface area contributed by atoms with Crippen LogP contribution in [0.5, 0.6) is 0 Å². The minimum Gasteiger partial charge on any atom is -0.332 e. The molecule has 17 heavy (non-hydrogen) atoms. The van der Waals surface area contributed by atoms with Gasteiger partial charge in [-0.1, -0.05) is 6.07 Å². The lowest BCUT2D eigenvalue weighted by atomic mass is 9.91. The monoisotopic (exact) mass is 232 g/mol. The highest BCUT2D eigenvalue weighted by molar-refractivity contribution is 5.84. The standard InChI is InChI=1S/C13H16N2O2/c1-9-6-12(17)7-13(15(9)10(2)16)11-4-3-5-14-8-11/h3-5,8-9,13H,6-7H2,1-2H3/t9-,13-/m1/s1. The first-order chi connectivity index (χ1) is 8.09. The van der Waals surface area contributed by atoms with Gasteiger partial charge in [0.2, 0.25) is 5.91 Å². The van der Waals surface area contributed by atoms with Gasteiger partial charge in [-0.3, -0.25) is 14.6 Å². The molecule has 1 aromatic rings. The van der Waals surface area contributed by atoms with Crippen molar-refractivity contribution in [1.82, 2.24) is 9.88 Å². The first-order valence-electron chi connectivity index (χ1n) is 5.80. The van der Waals surface area contributed by atoms with Gasteiger partial charge < -0.3 is 4.90 Å². The van der Waals surface area contributed by atoms with Gasteiger partial charge in [0.1, 0.15) is 5.78 Å². The fourth-order valence-corrected chi connectivity index (χ4v) is 2.51. The predicted molar refractivity (Wildman–Crippen MR) is 63.2 cm³/mol. The van der Waals surface area contributed by atoms with E-state index in [-0.39, 0.29) is 23.8 Å². The molecule has 0 spiro atoms. The summed E-state index contributed by atoms with van der Waals surface area (Å²) in [5, 5.41) is 0. The fourth-order valence-electron chi connectivity index (χ4n) is 2.51. The van der Waals surface area contributed by atoms with Crippen LogP contribution in [0.1, 0.15) is 38.3 Å². The van der Waals surface area contributed by atoms with Gasteiger partial charge in [0, 0.05) is 38.2 Å². The number of ketones is 1. The minimum atomic E-state index is -0.155. The van der Waals surface area contributed by atoms with Crippen molar-refractivity contribution in [3.8, 4) is 0 Å². The Morgan fingerprint density at radius 1 is 1.47 bits per heavy atom. The molecule has 4 heteroatoms. The molecule has 0 aromatic carbocycles. The Hall–Kier alpha value is -1.71. The summed E-state index contributed by atoms with van der Waals surface area (Å²) >= 11 is 0. The first-order valence-corrected chi connectivity index (χ1v) is 5.80. The average Bonchev–Trinajstić information content (AvgIpc) is 2.28. The van der Waals surface area contributed by atoms with Crippen molar-refractivity contribution in [2.24, 2.45) is 0 Å². The van der Waals surface area contributed by atoms with E-state index in [0.717, 1.165) is 5.56 Å². The van der Waals surface area contributed by atoms with Gasteiger partial charge >= 0.3 is 0 Å². The number of likely N-dealkylation sites (tertiary alicyclic amines) is 1. The van der Waals surface area contributed by atoms with Crippen molar-refractivity contribution >= 4 is 11.7 Å². The van der Waals surface area contributed by atoms with Crippen molar-refractivity contribution < 1.29 is 9.59 Å². The van der Waals surface area contributed by atoms with Gasteiger partial charge in [-0.05, 0) is 18.6 Å². The van der Waals surface area contributed by atoms with Crippen LogP contribution in [0.4, 0.5) is 0 Å². The van der Waals surface area contributed by atoms with Crippen LogP contribution in [0.3, 0.4) is 0 Å². The molecule has 0 bridgehead atoms. The lowest BCUT2D eigenvalue weighted by Gasteiger charge is -2.39. The second-order valence-corrected chi connectivity index (χ2v) is 4.52. The van der Waals surface area contributed by atoms with Gasteiger partial charge in [0.05, 0.1) is 6.04 Å². The Bertz CT molecular complexity index is 430. The summed E-state index contributed by atoms with van der Waals surface area (Å²) in [7, 11) is 0. The largest absolute Gasteiger partial charge is 0.332 e. The van der Waals surface area contributed by atoms with E-state index in [0.29, 0.717) is 12.8 Å². The summed E-state index contributed by atoms with van der Waals surface area (Å²) in [6.07, 6.45) is 4.27. The summed E-state index contributed by atoms with van der Waals surface area (Å²) in [5.74, 6) is 0.225. The number of hydrogen-bond acceptors (Lipinski definition) is 3. The third kappa shape index (κ3) is 2.35. The van der Waals surface area contributed by atoms with Gasteiger partial charge in [-0.2, -0.15) is 0 Å².